The predicted molar refractivity (Wildman–Crippen MR) is 83.9 cm³/mol. The zero-order valence-electron chi connectivity index (χ0n) is 12.3. The molecule has 4 heteroatoms. The van der Waals surface area contributed by atoms with Gasteiger partial charge >= 0.3 is 0 Å². The lowest BCUT2D eigenvalue weighted by Crippen LogP contribution is -2.40. The van der Waals surface area contributed by atoms with Crippen LogP contribution in [0.4, 0.5) is 0 Å². The van der Waals surface area contributed by atoms with Gasteiger partial charge < -0.3 is 0 Å². The van der Waals surface area contributed by atoms with Crippen LogP contribution >= 0.6 is 22.9 Å². The largest absolute Gasteiger partial charge is 0.294 e. The summed E-state index contributed by atoms with van der Waals surface area (Å²) < 4.78 is 0. The Bertz CT molecular complexity index is 391. The zero-order valence-corrected chi connectivity index (χ0v) is 13.9. The summed E-state index contributed by atoms with van der Waals surface area (Å²) >= 11 is 7.59. The summed E-state index contributed by atoms with van der Waals surface area (Å²) in [4.78, 5) is 7.21. The lowest BCUT2D eigenvalue weighted by Gasteiger charge is -2.42. The van der Waals surface area contributed by atoms with E-state index in [-0.39, 0.29) is 0 Å². The number of likely N-dealkylation sites (tertiary alicyclic amines) is 1. The normalized spacial score (nSPS) is 21.5. The Kier molecular flexibility index (Phi) is 5.27. The molecule has 0 N–H and O–H groups in total. The van der Waals surface area contributed by atoms with Gasteiger partial charge in [0.2, 0.25) is 0 Å². The first-order valence-electron chi connectivity index (χ1n) is 7.38. The van der Waals surface area contributed by atoms with Crippen molar-refractivity contribution >= 4 is 22.9 Å². The second-order valence-electron chi connectivity index (χ2n) is 5.73. The number of halogens is 1. The van der Waals surface area contributed by atoms with Crippen LogP contribution < -0.4 is 0 Å². The second-order valence-corrected chi connectivity index (χ2v) is 6.89. The summed E-state index contributed by atoms with van der Waals surface area (Å²) in [5.41, 5.74) is 1.61. The van der Waals surface area contributed by atoms with Crippen LogP contribution in [0.25, 0.3) is 0 Å². The molecule has 0 aromatic carbocycles. The zero-order chi connectivity index (χ0) is 13.9. The summed E-state index contributed by atoms with van der Waals surface area (Å²) in [6.45, 7) is 9.38. The van der Waals surface area contributed by atoms with E-state index in [0.717, 1.165) is 5.69 Å². The second kappa shape index (κ2) is 6.55. The van der Waals surface area contributed by atoms with Crippen molar-refractivity contribution in [2.24, 2.45) is 5.41 Å². The fraction of sp³-hybridized carbons (Fsp3) is 0.800. The van der Waals surface area contributed by atoms with Crippen molar-refractivity contribution in [3.05, 3.63) is 16.1 Å². The molecule has 1 saturated heterocycles. The summed E-state index contributed by atoms with van der Waals surface area (Å²) in [7, 11) is 0. The molecule has 0 spiro atoms. The van der Waals surface area contributed by atoms with E-state index >= 15 is 0 Å². The number of aromatic nitrogens is 1. The number of rotatable bonds is 5. The molecule has 1 aromatic heterocycles. The van der Waals surface area contributed by atoms with Crippen LogP contribution in [0, 0.1) is 5.41 Å². The standard InChI is InChI=1S/C15H25ClN2S/c1-4-15(5-2)6-8-18(9-7-15)12(3)14-17-13(10-16)11-19-14/h11-12H,4-10H2,1-3H3. The monoisotopic (exact) mass is 300 g/mol. The van der Waals surface area contributed by atoms with E-state index in [4.69, 9.17) is 11.6 Å². The highest BCUT2D eigenvalue weighted by molar-refractivity contribution is 7.09. The molecule has 1 fully saturated rings. The molecule has 0 saturated carbocycles. The molecule has 0 amide bonds. The lowest BCUT2D eigenvalue weighted by molar-refractivity contribution is 0.0709. The van der Waals surface area contributed by atoms with Gasteiger partial charge in [0, 0.05) is 5.38 Å². The van der Waals surface area contributed by atoms with Gasteiger partial charge in [0.05, 0.1) is 17.6 Å². The molecule has 2 heterocycles. The third kappa shape index (κ3) is 3.32. The predicted octanol–water partition coefficient (Wildman–Crippen LogP) is 4.85. The fourth-order valence-corrected chi connectivity index (χ4v) is 4.21. The van der Waals surface area contributed by atoms with Gasteiger partial charge in [-0.3, -0.25) is 4.90 Å². The molecule has 2 nitrogen and oxygen atoms in total. The van der Waals surface area contributed by atoms with Gasteiger partial charge in [-0.25, -0.2) is 4.98 Å². The molecule has 0 radical (unpaired) electrons. The molecule has 108 valence electrons. The topological polar surface area (TPSA) is 16.1 Å². The smallest absolute Gasteiger partial charge is 0.110 e. The van der Waals surface area contributed by atoms with Crippen LogP contribution in [0.15, 0.2) is 5.38 Å². The maximum atomic E-state index is 5.84. The van der Waals surface area contributed by atoms with E-state index in [2.05, 4.69) is 36.0 Å². The number of thiazole rings is 1. The summed E-state index contributed by atoms with van der Waals surface area (Å²) in [6, 6.07) is 0.439. The Balaban J connectivity index is 1.97. The summed E-state index contributed by atoms with van der Waals surface area (Å²) in [5, 5.41) is 3.31. The number of hydrogen-bond acceptors (Lipinski definition) is 3. The van der Waals surface area contributed by atoms with Crippen LogP contribution in [0.5, 0.6) is 0 Å². The third-order valence-electron chi connectivity index (χ3n) is 4.97. The van der Waals surface area contributed by atoms with E-state index in [9.17, 15) is 0 Å². The first-order chi connectivity index (χ1) is 9.14. The average molecular weight is 301 g/mol. The maximum Gasteiger partial charge on any atom is 0.110 e. The first kappa shape index (κ1) is 15.3. The van der Waals surface area contributed by atoms with Crippen molar-refractivity contribution in [3.63, 3.8) is 0 Å². The summed E-state index contributed by atoms with van der Waals surface area (Å²) in [5.74, 6) is 0.526. The quantitative estimate of drug-likeness (QED) is 0.723. The van der Waals surface area contributed by atoms with E-state index in [1.165, 1.54) is 43.8 Å². The highest BCUT2D eigenvalue weighted by Crippen LogP contribution is 2.40. The Morgan fingerprint density at radius 3 is 2.47 bits per heavy atom. The number of hydrogen-bond donors (Lipinski definition) is 0. The van der Waals surface area contributed by atoms with Crippen molar-refractivity contribution in [3.8, 4) is 0 Å². The van der Waals surface area contributed by atoms with Crippen LogP contribution in [0.1, 0.15) is 63.2 Å². The van der Waals surface area contributed by atoms with Gasteiger partial charge in [-0.2, -0.15) is 0 Å². The Morgan fingerprint density at radius 1 is 1.37 bits per heavy atom. The number of piperidine rings is 1. The van der Waals surface area contributed by atoms with Gasteiger partial charge in [0.25, 0.3) is 0 Å². The maximum absolute atomic E-state index is 5.84. The van der Waals surface area contributed by atoms with Crippen LogP contribution in [0.2, 0.25) is 0 Å². The molecule has 1 atom stereocenters. The van der Waals surface area contributed by atoms with E-state index in [1.807, 2.05) is 0 Å². The van der Waals surface area contributed by atoms with Crippen molar-refractivity contribution in [2.75, 3.05) is 13.1 Å². The third-order valence-corrected chi connectivity index (χ3v) is 6.31. The minimum Gasteiger partial charge on any atom is -0.294 e. The first-order valence-corrected chi connectivity index (χ1v) is 8.80. The van der Waals surface area contributed by atoms with E-state index < -0.39 is 0 Å². The van der Waals surface area contributed by atoms with Crippen LogP contribution in [-0.2, 0) is 5.88 Å². The molecular weight excluding hydrogens is 276 g/mol. The Hall–Kier alpha value is -0.120. The van der Waals surface area contributed by atoms with Crippen LogP contribution in [-0.4, -0.2) is 23.0 Å². The van der Waals surface area contributed by atoms with Gasteiger partial charge in [-0.1, -0.05) is 26.7 Å². The molecule has 0 bridgehead atoms. The average Bonchev–Trinajstić information content (AvgIpc) is 2.95. The van der Waals surface area contributed by atoms with Crippen molar-refractivity contribution in [2.45, 2.75) is 58.4 Å². The molecule has 1 unspecified atom stereocenters. The van der Waals surface area contributed by atoms with Gasteiger partial charge in [-0.05, 0) is 38.3 Å². The molecule has 19 heavy (non-hydrogen) atoms. The fourth-order valence-electron chi connectivity index (χ4n) is 3.07. The van der Waals surface area contributed by atoms with E-state index in [0.29, 0.717) is 17.3 Å². The van der Waals surface area contributed by atoms with Crippen LogP contribution in [0.3, 0.4) is 0 Å². The Morgan fingerprint density at radius 2 is 2.00 bits per heavy atom. The van der Waals surface area contributed by atoms with Gasteiger partial charge in [-0.15, -0.1) is 22.9 Å². The van der Waals surface area contributed by atoms with Crippen molar-refractivity contribution in [1.29, 1.82) is 0 Å². The van der Waals surface area contributed by atoms with Gasteiger partial charge in [0.1, 0.15) is 5.01 Å². The molecule has 2 rings (SSSR count). The molecule has 1 aliphatic heterocycles. The number of nitrogens with zero attached hydrogens (tertiary/aromatic N) is 2. The lowest BCUT2D eigenvalue weighted by atomic mass is 9.74. The minimum atomic E-state index is 0.439. The highest BCUT2D eigenvalue weighted by atomic mass is 35.5. The minimum absolute atomic E-state index is 0.439. The molecule has 1 aliphatic rings. The SMILES string of the molecule is CCC1(CC)CCN(C(C)c2nc(CCl)cs2)CC1. The molecule has 0 aliphatic carbocycles. The van der Waals surface area contributed by atoms with Crippen molar-refractivity contribution < 1.29 is 0 Å². The van der Waals surface area contributed by atoms with Gasteiger partial charge in [0.15, 0.2) is 0 Å². The number of alkyl halides is 1. The highest BCUT2D eigenvalue weighted by Gasteiger charge is 2.33. The molecule has 1 aromatic rings. The van der Waals surface area contributed by atoms with E-state index in [1.54, 1.807) is 11.3 Å². The molecular formula is C15H25ClN2S. The van der Waals surface area contributed by atoms with Crippen molar-refractivity contribution in [1.82, 2.24) is 9.88 Å². The Labute approximate surface area is 126 Å². The summed E-state index contributed by atoms with van der Waals surface area (Å²) in [6.07, 6.45) is 5.30.